The molecule has 0 aromatic heterocycles. The highest BCUT2D eigenvalue weighted by molar-refractivity contribution is 7.92. The molecule has 0 spiro atoms. The summed E-state index contributed by atoms with van der Waals surface area (Å²) in [6.45, 7) is 7.16. The van der Waals surface area contributed by atoms with Crippen LogP contribution in [0.3, 0.4) is 0 Å². The van der Waals surface area contributed by atoms with Crippen molar-refractivity contribution in [1.29, 1.82) is 0 Å². The van der Waals surface area contributed by atoms with Gasteiger partial charge in [-0.3, -0.25) is 13.9 Å². The van der Waals surface area contributed by atoms with Crippen LogP contribution in [0.25, 0.3) is 0 Å². The molecule has 4 rings (SSSR count). The maximum atomic E-state index is 14.6. The molecule has 45 heavy (non-hydrogen) atoms. The molecule has 0 saturated carbocycles. The molecule has 9 heteroatoms. The van der Waals surface area contributed by atoms with Crippen molar-refractivity contribution in [3.8, 4) is 0 Å². The van der Waals surface area contributed by atoms with E-state index in [2.05, 4.69) is 5.32 Å². The average molecular weight is 646 g/mol. The summed E-state index contributed by atoms with van der Waals surface area (Å²) in [5.74, 6) is -0.815. The van der Waals surface area contributed by atoms with Crippen LogP contribution in [0.4, 0.5) is 5.69 Å². The van der Waals surface area contributed by atoms with Crippen molar-refractivity contribution >= 4 is 39.1 Å². The van der Waals surface area contributed by atoms with E-state index in [0.717, 1.165) is 21.0 Å². The highest BCUT2D eigenvalue weighted by Crippen LogP contribution is 2.29. The zero-order chi connectivity index (χ0) is 32.6. The van der Waals surface area contributed by atoms with Crippen molar-refractivity contribution in [3.63, 3.8) is 0 Å². The molecule has 236 valence electrons. The van der Waals surface area contributed by atoms with Gasteiger partial charge in [0.2, 0.25) is 11.8 Å². The van der Waals surface area contributed by atoms with Crippen molar-refractivity contribution in [2.45, 2.75) is 64.1 Å². The third kappa shape index (κ3) is 8.74. The SMILES string of the molecule is CC[C@@H](C)NC(=O)[C@@H](Cc1ccccc1)N(Cc1ccc(Cl)cc1)C(=O)CN(c1cc(C)ccc1C)S(=O)(=O)c1ccccc1. The Morgan fingerprint density at radius 3 is 2.09 bits per heavy atom. The third-order valence-electron chi connectivity index (χ3n) is 7.78. The summed E-state index contributed by atoms with van der Waals surface area (Å²) in [7, 11) is -4.16. The van der Waals surface area contributed by atoms with Gasteiger partial charge in [-0.05, 0) is 79.8 Å². The zero-order valence-corrected chi connectivity index (χ0v) is 27.7. The van der Waals surface area contributed by atoms with E-state index < -0.39 is 28.5 Å². The Kier molecular flexibility index (Phi) is 11.4. The molecule has 1 N–H and O–H groups in total. The molecule has 0 aliphatic rings. The zero-order valence-electron chi connectivity index (χ0n) is 26.1. The molecule has 2 atom stereocenters. The first-order valence-electron chi connectivity index (χ1n) is 15.0. The van der Waals surface area contributed by atoms with Gasteiger partial charge >= 0.3 is 0 Å². The largest absolute Gasteiger partial charge is 0.352 e. The average Bonchev–Trinajstić information content (AvgIpc) is 3.04. The van der Waals surface area contributed by atoms with Crippen LogP contribution in [0, 0.1) is 13.8 Å². The number of anilines is 1. The Morgan fingerprint density at radius 1 is 0.844 bits per heavy atom. The Balaban J connectivity index is 1.83. The minimum absolute atomic E-state index is 0.0679. The molecule has 0 bridgehead atoms. The van der Waals surface area contributed by atoms with Crippen molar-refractivity contribution in [2.75, 3.05) is 10.8 Å². The topological polar surface area (TPSA) is 86.8 Å². The Hall–Kier alpha value is -4.14. The summed E-state index contributed by atoms with van der Waals surface area (Å²) >= 11 is 6.16. The summed E-state index contributed by atoms with van der Waals surface area (Å²) in [5, 5.41) is 3.60. The number of carbonyl (C=O) groups excluding carboxylic acids is 2. The molecule has 0 aliphatic carbocycles. The number of hydrogen-bond acceptors (Lipinski definition) is 4. The number of nitrogens with one attached hydrogen (secondary N) is 1. The predicted octanol–water partition coefficient (Wildman–Crippen LogP) is 6.71. The molecule has 0 radical (unpaired) electrons. The van der Waals surface area contributed by atoms with E-state index in [1.807, 2.05) is 70.2 Å². The lowest BCUT2D eigenvalue weighted by atomic mass is 10.0. The molecule has 4 aromatic carbocycles. The maximum absolute atomic E-state index is 14.6. The van der Waals surface area contributed by atoms with Crippen molar-refractivity contribution in [2.24, 2.45) is 0 Å². The first kappa shape index (κ1) is 33.7. The van der Waals surface area contributed by atoms with Crippen LogP contribution in [-0.2, 0) is 32.6 Å². The van der Waals surface area contributed by atoms with E-state index in [-0.39, 0.29) is 29.8 Å². The molecule has 0 heterocycles. The summed E-state index contributed by atoms with van der Waals surface area (Å²) < 4.78 is 29.5. The summed E-state index contributed by atoms with van der Waals surface area (Å²) in [6.07, 6.45) is 0.960. The van der Waals surface area contributed by atoms with Crippen molar-refractivity contribution < 1.29 is 18.0 Å². The number of halogens is 1. The van der Waals surface area contributed by atoms with Crippen LogP contribution in [0.1, 0.15) is 42.5 Å². The van der Waals surface area contributed by atoms with Gasteiger partial charge < -0.3 is 10.2 Å². The van der Waals surface area contributed by atoms with E-state index in [0.29, 0.717) is 22.7 Å². The van der Waals surface area contributed by atoms with E-state index in [4.69, 9.17) is 11.6 Å². The second-order valence-electron chi connectivity index (χ2n) is 11.3. The van der Waals surface area contributed by atoms with Gasteiger partial charge in [0.1, 0.15) is 12.6 Å². The van der Waals surface area contributed by atoms with Gasteiger partial charge in [-0.25, -0.2) is 8.42 Å². The minimum Gasteiger partial charge on any atom is -0.352 e. The van der Waals surface area contributed by atoms with Crippen molar-refractivity contribution in [1.82, 2.24) is 10.2 Å². The molecular weight excluding hydrogens is 606 g/mol. The fraction of sp³-hybridized carbons (Fsp3) is 0.278. The smallest absolute Gasteiger partial charge is 0.264 e. The molecule has 2 amide bonds. The Labute approximate surface area is 271 Å². The molecule has 0 fully saturated rings. The van der Waals surface area contributed by atoms with E-state index in [1.165, 1.54) is 17.0 Å². The number of benzene rings is 4. The van der Waals surface area contributed by atoms with Crippen LogP contribution in [0.15, 0.2) is 108 Å². The van der Waals surface area contributed by atoms with Gasteiger partial charge in [-0.1, -0.05) is 91.3 Å². The maximum Gasteiger partial charge on any atom is 0.264 e. The lowest BCUT2D eigenvalue weighted by Crippen LogP contribution is -2.54. The van der Waals surface area contributed by atoms with Crippen LogP contribution in [-0.4, -0.2) is 43.8 Å². The first-order valence-corrected chi connectivity index (χ1v) is 16.8. The van der Waals surface area contributed by atoms with Crippen LogP contribution < -0.4 is 9.62 Å². The molecule has 0 unspecified atom stereocenters. The molecule has 0 saturated heterocycles. The predicted molar refractivity (Wildman–Crippen MR) is 181 cm³/mol. The first-order chi connectivity index (χ1) is 21.5. The van der Waals surface area contributed by atoms with Crippen molar-refractivity contribution in [3.05, 3.63) is 130 Å². The lowest BCUT2D eigenvalue weighted by Gasteiger charge is -2.34. The highest BCUT2D eigenvalue weighted by atomic mass is 35.5. The van der Waals surface area contributed by atoms with Gasteiger partial charge in [0.25, 0.3) is 10.0 Å². The summed E-state index contributed by atoms with van der Waals surface area (Å²) in [4.78, 5) is 30.1. The quantitative estimate of drug-likeness (QED) is 0.175. The van der Waals surface area contributed by atoms with Gasteiger partial charge in [0.15, 0.2) is 0 Å². The molecule has 4 aromatic rings. The van der Waals surface area contributed by atoms with E-state index in [9.17, 15) is 18.0 Å². The highest BCUT2D eigenvalue weighted by Gasteiger charge is 2.35. The summed E-state index contributed by atoms with van der Waals surface area (Å²) in [5.41, 5.74) is 3.59. The van der Waals surface area contributed by atoms with Crippen LogP contribution in [0.2, 0.25) is 5.02 Å². The standard InChI is InChI=1S/C36H40ClN3O4S/c1-5-28(4)38-36(42)34(23-29-12-8-6-9-13-29)39(24-30-18-20-31(37)21-19-30)35(41)25-40(33-22-26(2)16-17-27(33)3)45(43,44)32-14-10-7-11-15-32/h6-22,28,34H,5,23-25H2,1-4H3,(H,38,42)/t28-,34-/m1/s1. The fourth-order valence-corrected chi connectivity index (χ4v) is 6.62. The lowest BCUT2D eigenvalue weighted by molar-refractivity contribution is -0.140. The Morgan fingerprint density at radius 2 is 1.47 bits per heavy atom. The number of carbonyl (C=O) groups is 2. The van der Waals surface area contributed by atoms with Gasteiger partial charge in [-0.15, -0.1) is 0 Å². The third-order valence-corrected chi connectivity index (χ3v) is 9.81. The fourth-order valence-electron chi connectivity index (χ4n) is 5.00. The second-order valence-corrected chi connectivity index (χ2v) is 13.6. The Bertz CT molecular complexity index is 1700. The van der Waals surface area contributed by atoms with Crippen LogP contribution in [0.5, 0.6) is 0 Å². The summed E-state index contributed by atoms with van der Waals surface area (Å²) in [6, 6.07) is 29.1. The number of hydrogen-bond donors (Lipinski definition) is 1. The number of aryl methyl sites for hydroxylation is 2. The monoisotopic (exact) mass is 645 g/mol. The second kappa shape index (κ2) is 15.2. The van der Waals surface area contributed by atoms with E-state index >= 15 is 0 Å². The molecular formula is C36H40ClN3O4S. The number of rotatable bonds is 13. The minimum atomic E-state index is -4.16. The van der Waals surface area contributed by atoms with E-state index in [1.54, 1.807) is 48.5 Å². The van der Waals surface area contributed by atoms with Gasteiger partial charge in [0, 0.05) is 24.0 Å². The number of sulfonamides is 1. The normalized spacial score (nSPS) is 12.6. The van der Waals surface area contributed by atoms with Gasteiger partial charge in [-0.2, -0.15) is 0 Å². The number of nitrogens with zero attached hydrogens (tertiary/aromatic N) is 2. The molecule has 7 nitrogen and oxygen atoms in total. The van der Waals surface area contributed by atoms with Gasteiger partial charge in [0.05, 0.1) is 10.6 Å². The number of amides is 2. The van der Waals surface area contributed by atoms with Crippen LogP contribution >= 0.6 is 11.6 Å². The molecule has 0 aliphatic heterocycles.